The van der Waals surface area contributed by atoms with Crippen LogP contribution in [0, 0.1) is 5.82 Å². The fraction of sp³-hybridized carbons (Fsp3) is 0.0556. The highest BCUT2D eigenvalue weighted by Gasteiger charge is 2.11. The van der Waals surface area contributed by atoms with Crippen molar-refractivity contribution in [3.05, 3.63) is 76.7 Å². The molecular formula is C18H14ClFN4O. The zero-order chi connectivity index (χ0) is 17.8. The molecular weight excluding hydrogens is 343 g/mol. The summed E-state index contributed by atoms with van der Waals surface area (Å²) in [6.07, 6.45) is 0. The van der Waals surface area contributed by atoms with E-state index in [4.69, 9.17) is 11.6 Å². The highest BCUT2D eigenvalue weighted by atomic mass is 35.5. The minimum atomic E-state index is -0.422. The Hall–Kier alpha value is -2.99. The lowest BCUT2D eigenvalue weighted by Gasteiger charge is -2.02. The van der Waals surface area contributed by atoms with E-state index in [1.165, 1.54) is 12.1 Å². The molecule has 1 amide bonds. The second kappa shape index (κ2) is 7.27. The van der Waals surface area contributed by atoms with Gasteiger partial charge >= 0.3 is 0 Å². The topological polar surface area (TPSA) is 70.1 Å². The SMILES string of the molecule is CC(=NNC(=O)c1cc(-c2ccc(F)cc2)n[nH]1)c1ccc(Cl)cc1. The smallest absolute Gasteiger partial charge is 0.272 e. The molecule has 0 aliphatic carbocycles. The van der Waals surface area contributed by atoms with Crippen molar-refractivity contribution in [3.8, 4) is 11.3 Å². The predicted octanol–water partition coefficient (Wildman–Crippen LogP) is 4.02. The van der Waals surface area contributed by atoms with Crippen molar-refractivity contribution in [3.63, 3.8) is 0 Å². The number of halogens is 2. The van der Waals surface area contributed by atoms with Crippen molar-refractivity contribution in [1.82, 2.24) is 15.6 Å². The van der Waals surface area contributed by atoms with Crippen LogP contribution in [0.2, 0.25) is 5.02 Å². The first kappa shape index (κ1) is 16.9. The third-order valence-corrected chi connectivity index (χ3v) is 3.80. The fourth-order valence-electron chi connectivity index (χ4n) is 2.16. The summed E-state index contributed by atoms with van der Waals surface area (Å²) < 4.78 is 13.0. The van der Waals surface area contributed by atoms with E-state index in [2.05, 4.69) is 20.7 Å². The van der Waals surface area contributed by atoms with E-state index >= 15 is 0 Å². The molecule has 3 aromatic rings. The molecule has 3 rings (SSSR count). The van der Waals surface area contributed by atoms with Gasteiger partial charge in [-0.2, -0.15) is 10.2 Å². The largest absolute Gasteiger partial charge is 0.289 e. The molecule has 0 saturated carbocycles. The summed E-state index contributed by atoms with van der Waals surface area (Å²) in [5.74, 6) is -0.751. The van der Waals surface area contributed by atoms with Gasteiger partial charge in [-0.15, -0.1) is 0 Å². The zero-order valence-electron chi connectivity index (χ0n) is 13.3. The number of hydrogen-bond acceptors (Lipinski definition) is 3. The number of aromatic nitrogens is 2. The first-order valence-electron chi connectivity index (χ1n) is 7.45. The number of H-pyrrole nitrogens is 1. The first-order valence-corrected chi connectivity index (χ1v) is 7.82. The summed E-state index contributed by atoms with van der Waals surface area (Å²) in [4.78, 5) is 12.2. The molecule has 0 radical (unpaired) electrons. The quantitative estimate of drug-likeness (QED) is 0.547. The van der Waals surface area contributed by atoms with Crippen LogP contribution in [0.5, 0.6) is 0 Å². The summed E-state index contributed by atoms with van der Waals surface area (Å²) in [5.41, 5.74) is 5.47. The van der Waals surface area contributed by atoms with Crippen molar-refractivity contribution in [2.24, 2.45) is 5.10 Å². The normalized spacial score (nSPS) is 11.4. The third-order valence-electron chi connectivity index (χ3n) is 3.55. The Morgan fingerprint density at radius 1 is 1.16 bits per heavy atom. The summed E-state index contributed by atoms with van der Waals surface area (Å²) in [7, 11) is 0. The van der Waals surface area contributed by atoms with Gasteiger partial charge in [0.1, 0.15) is 11.5 Å². The van der Waals surface area contributed by atoms with Gasteiger partial charge in [0.25, 0.3) is 5.91 Å². The summed E-state index contributed by atoms with van der Waals surface area (Å²) in [5, 5.41) is 11.4. The third kappa shape index (κ3) is 4.10. The number of hydrazone groups is 1. The number of carbonyl (C=O) groups excluding carboxylic acids is 1. The number of nitrogens with zero attached hydrogens (tertiary/aromatic N) is 2. The Labute approximate surface area is 148 Å². The zero-order valence-corrected chi connectivity index (χ0v) is 14.0. The van der Waals surface area contributed by atoms with Crippen LogP contribution in [0.1, 0.15) is 23.0 Å². The molecule has 0 spiro atoms. The minimum absolute atomic E-state index is 0.256. The molecule has 0 fully saturated rings. The van der Waals surface area contributed by atoms with Crippen LogP contribution in [0.3, 0.4) is 0 Å². The van der Waals surface area contributed by atoms with Gasteiger partial charge in [0.05, 0.1) is 11.4 Å². The van der Waals surface area contributed by atoms with E-state index < -0.39 is 5.91 Å². The molecule has 0 atom stereocenters. The van der Waals surface area contributed by atoms with Crippen molar-refractivity contribution >= 4 is 23.2 Å². The Morgan fingerprint density at radius 2 is 1.84 bits per heavy atom. The van der Waals surface area contributed by atoms with Crippen LogP contribution in [-0.2, 0) is 0 Å². The van der Waals surface area contributed by atoms with Crippen LogP contribution >= 0.6 is 11.6 Å². The monoisotopic (exact) mass is 356 g/mol. The van der Waals surface area contributed by atoms with Crippen LogP contribution in [0.15, 0.2) is 59.7 Å². The highest BCUT2D eigenvalue weighted by molar-refractivity contribution is 6.30. The number of amides is 1. The van der Waals surface area contributed by atoms with Crippen molar-refractivity contribution < 1.29 is 9.18 Å². The first-order chi connectivity index (χ1) is 12.0. The molecule has 5 nitrogen and oxygen atoms in total. The lowest BCUT2D eigenvalue weighted by Crippen LogP contribution is -2.19. The highest BCUT2D eigenvalue weighted by Crippen LogP contribution is 2.18. The molecule has 1 heterocycles. The number of benzene rings is 2. The molecule has 7 heteroatoms. The molecule has 2 N–H and O–H groups in total. The average Bonchev–Trinajstić information content (AvgIpc) is 3.11. The number of rotatable bonds is 4. The maximum atomic E-state index is 13.0. The van der Waals surface area contributed by atoms with Crippen molar-refractivity contribution in [2.75, 3.05) is 0 Å². The Bertz CT molecular complexity index is 917. The van der Waals surface area contributed by atoms with Crippen LogP contribution in [0.4, 0.5) is 4.39 Å². The van der Waals surface area contributed by atoms with E-state index in [-0.39, 0.29) is 11.5 Å². The molecule has 25 heavy (non-hydrogen) atoms. The molecule has 0 aliphatic rings. The molecule has 2 aromatic carbocycles. The number of nitrogens with one attached hydrogen (secondary N) is 2. The van der Waals surface area contributed by atoms with Gasteiger partial charge in [-0.25, -0.2) is 9.82 Å². The number of aromatic amines is 1. The lowest BCUT2D eigenvalue weighted by atomic mass is 10.1. The molecule has 0 bridgehead atoms. The average molecular weight is 357 g/mol. The van der Waals surface area contributed by atoms with Gasteiger partial charge in [-0.1, -0.05) is 23.7 Å². The van der Waals surface area contributed by atoms with Crippen molar-refractivity contribution in [2.45, 2.75) is 6.92 Å². The van der Waals surface area contributed by atoms with Crippen LogP contribution in [-0.4, -0.2) is 21.8 Å². The second-order valence-electron chi connectivity index (χ2n) is 5.32. The van der Waals surface area contributed by atoms with E-state index in [0.717, 1.165) is 5.56 Å². The maximum absolute atomic E-state index is 13.0. The number of carbonyl (C=O) groups is 1. The maximum Gasteiger partial charge on any atom is 0.289 e. The van der Waals surface area contributed by atoms with E-state index in [9.17, 15) is 9.18 Å². The molecule has 0 aliphatic heterocycles. The van der Waals surface area contributed by atoms with Gasteiger partial charge in [0.2, 0.25) is 0 Å². The summed E-state index contributed by atoms with van der Waals surface area (Å²) in [6.45, 7) is 1.78. The van der Waals surface area contributed by atoms with Crippen molar-refractivity contribution in [1.29, 1.82) is 0 Å². The molecule has 0 unspecified atom stereocenters. The van der Waals surface area contributed by atoms with E-state index in [1.54, 1.807) is 37.3 Å². The van der Waals surface area contributed by atoms with Crippen LogP contribution in [0.25, 0.3) is 11.3 Å². The number of hydrogen-bond donors (Lipinski definition) is 2. The van der Waals surface area contributed by atoms with Gasteiger partial charge in [0.15, 0.2) is 0 Å². The van der Waals surface area contributed by atoms with Gasteiger partial charge in [-0.3, -0.25) is 9.89 Å². The Morgan fingerprint density at radius 3 is 2.52 bits per heavy atom. The van der Waals surface area contributed by atoms with Gasteiger partial charge in [0, 0.05) is 10.6 Å². The summed E-state index contributed by atoms with van der Waals surface area (Å²) in [6, 6.07) is 14.6. The predicted molar refractivity (Wildman–Crippen MR) is 95.1 cm³/mol. The molecule has 0 saturated heterocycles. The standard InChI is InChI=1S/C18H14ClFN4O/c1-11(12-2-6-14(19)7-3-12)21-24-18(25)17-10-16(22-23-17)13-4-8-15(20)9-5-13/h2-10H,1H3,(H,22,23)(H,24,25). The Balaban J connectivity index is 1.70. The fourth-order valence-corrected chi connectivity index (χ4v) is 2.28. The Kier molecular flexibility index (Phi) is 4.90. The van der Waals surface area contributed by atoms with Gasteiger partial charge in [-0.05, 0) is 55.0 Å². The molecule has 126 valence electrons. The van der Waals surface area contributed by atoms with Crippen LogP contribution < -0.4 is 5.43 Å². The van der Waals surface area contributed by atoms with E-state index in [0.29, 0.717) is 22.0 Å². The summed E-state index contributed by atoms with van der Waals surface area (Å²) >= 11 is 5.84. The minimum Gasteiger partial charge on any atom is -0.272 e. The second-order valence-corrected chi connectivity index (χ2v) is 5.76. The van der Waals surface area contributed by atoms with E-state index in [1.807, 2.05) is 12.1 Å². The lowest BCUT2D eigenvalue weighted by molar-refractivity contribution is 0.0950. The van der Waals surface area contributed by atoms with Gasteiger partial charge < -0.3 is 0 Å². The molecule has 1 aromatic heterocycles.